The van der Waals surface area contributed by atoms with Gasteiger partial charge in [-0.3, -0.25) is 4.79 Å². The standard InChI is InChI=1S/C20H14FN3O3/c21-14-8-6-13(7-9-14)10-23-11-16-18(17(12-23)20(26)27)22-24(19(16)25)15-4-2-1-3-5-15/h1-9,11-12H,10H2,(H,26,27). The minimum Gasteiger partial charge on any atom is -0.478 e. The zero-order chi connectivity index (χ0) is 19.0. The SMILES string of the molecule is O=C(O)c1cn(Cc2ccc(F)cc2)cc2c(=O)n(-c3ccccc3)nc1-2. The van der Waals surface area contributed by atoms with E-state index in [-0.39, 0.29) is 22.6 Å². The van der Waals surface area contributed by atoms with Crippen LogP contribution in [-0.4, -0.2) is 25.4 Å². The first-order chi connectivity index (χ1) is 13.0. The fraction of sp³-hybridized carbons (Fsp3) is 0.0500. The molecule has 0 bridgehead atoms. The minimum atomic E-state index is -1.17. The summed E-state index contributed by atoms with van der Waals surface area (Å²) in [6, 6.07) is 14.7. The molecule has 0 aliphatic carbocycles. The van der Waals surface area contributed by atoms with Crippen molar-refractivity contribution in [2.75, 3.05) is 0 Å². The van der Waals surface area contributed by atoms with Crippen LogP contribution in [0.25, 0.3) is 16.9 Å². The number of fused-ring (bicyclic) bond motifs is 1. The largest absolute Gasteiger partial charge is 0.478 e. The number of rotatable bonds is 4. The highest BCUT2D eigenvalue weighted by molar-refractivity contribution is 5.94. The summed E-state index contributed by atoms with van der Waals surface area (Å²) in [5, 5.41) is 13.8. The number of carboxylic acid groups (broad SMARTS) is 1. The second kappa shape index (κ2) is 6.53. The number of benzene rings is 2. The van der Waals surface area contributed by atoms with Crippen LogP contribution in [-0.2, 0) is 6.54 Å². The number of hydrogen-bond acceptors (Lipinski definition) is 3. The second-order valence-electron chi connectivity index (χ2n) is 6.09. The van der Waals surface area contributed by atoms with Gasteiger partial charge in [0, 0.05) is 18.9 Å². The van der Waals surface area contributed by atoms with Gasteiger partial charge in [-0.2, -0.15) is 9.78 Å². The summed E-state index contributed by atoms with van der Waals surface area (Å²) in [7, 11) is 0. The summed E-state index contributed by atoms with van der Waals surface area (Å²) in [4.78, 5) is 24.5. The summed E-state index contributed by atoms with van der Waals surface area (Å²) in [5.74, 6) is -1.53. The lowest BCUT2D eigenvalue weighted by atomic mass is 10.1. The summed E-state index contributed by atoms with van der Waals surface area (Å²) in [6.07, 6.45) is 3.00. The molecule has 134 valence electrons. The second-order valence-corrected chi connectivity index (χ2v) is 6.09. The van der Waals surface area contributed by atoms with E-state index in [1.54, 1.807) is 47.2 Å². The summed E-state index contributed by atoms with van der Waals surface area (Å²) in [6.45, 7) is 0.298. The van der Waals surface area contributed by atoms with Crippen LogP contribution in [0.2, 0.25) is 0 Å². The topological polar surface area (TPSA) is 77.1 Å². The predicted molar refractivity (Wildman–Crippen MR) is 96.9 cm³/mol. The van der Waals surface area contributed by atoms with Crippen LogP contribution in [0.4, 0.5) is 4.39 Å². The molecule has 0 fully saturated rings. The van der Waals surface area contributed by atoms with E-state index in [1.807, 2.05) is 6.07 Å². The van der Waals surface area contributed by atoms with Gasteiger partial charge >= 0.3 is 5.97 Å². The maximum Gasteiger partial charge on any atom is 0.339 e. The Morgan fingerprint density at radius 2 is 1.74 bits per heavy atom. The van der Waals surface area contributed by atoms with E-state index >= 15 is 0 Å². The maximum atomic E-state index is 13.1. The molecule has 6 nitrogen and oxygen atoms in total. The van der Waals surface area contributed by atoms with Gasteiger partial charge in [0.2, 0.25) is 0 Å². The molecule has 2 heterocycles. The lowest BCUT2D eigenvalue weighted by Crippen LogP contribution is -2.15. The Kier molecular flexibility index (Phi) is 4.04. The Morgan fingerprint density at radius 1 is 1.04 bits per heavy atom. The number of aromatic nitrogens is 3. The molecule has 27 heavy (non-hydrogen) atoms. The third kappa shape index (κ3) is 3.10. The number of halogens is 1. The summed E-state index contributed by atoms with van der Waals surface area (Å²) < 4.78 is 15.9. The van der Waals surface area contributed by atoms with Crippen molar-refractivity contribution in [2.45, 2.75) is 6.54 Å². The van der Waals surface area contributed by atoms with Crippen LogP contribution >= 0.6 is 0 Å². The van der Waals surface area contributed by atoms with E-state index in [0.29, 0.717) is 12.2 Å². The van der Waals surface area contributed by atoms with Crippen LogP contribution in [0.15, 0.2) is 71.8 Å². The minimum absolute atomic E-state index is 0.0682. The fourth-order valence-electron chi connectivity index (χ4n) is 2.95. The monoisotopic (exact) mass is 363 g/mol. The number of hydrogen-bond donors (Lipinski definition) is 1. The first kappa shape index (κ1) is 16.7. The lowest BCUT2D eigenvalue weighted by molar-refractivity contribution is 0.0696. The van der Waals surface area contributed by atoms with E-state index in [0.717, 1.165) is 5.56 Å². The number of para-hydroxylation sites is 1. The molecule has 0 spiro atoms. The van der Waals surface area contributed by atoms with Gasteiger partial charge in [-0.05, 0) is 29.8 Å². The molecule has 2 aliphatic rings. The fourth-order valence-corrected chi connectivity index (χ4v) is 2.95. The zero-order valence-corrected chi connectivity index (χ0v) is 14.0. The van der Waals surface area contributed by atoms with Gasteiger partial charge in [0.05, 0.1) is 11.3 Å². The molecule has 2 aromatic carbocycles. The Hall–Kier alpha value is -3.74. The molecule has 1 N–H and O–H groups in total. The predicted octanol–water partition coefficient (Wildman–Crippen LogP) is 3.02. The zero-order valence-electron chi connectivity index (χ0n) is 14.0. The molecule has 0 saturated carbocycles. The van der Waals surface area contributed by atoms with Crippen LogP contribution in [0.3, 0.4) is 0 Å². The third-order valence-corrected chi connectivity index (χ3v) is 4.23. The van der Waals surface area contributed by atoms with Gasteiger partial charge in [-0.25, -0.2) is 9.18 Å². The van der Waals surface area contributed by atoms with Crippen molar-refractivity contribution in [1.82, 2.24) is 14.3 Å². The molecule has 0 aromatic heterocycles. The smallest absolute Gasteiger partial charge is 0.339 e. The number of pyridine rings is 1. The van der Waals surface area contributed by atoms with Gasteiger partial charge in [0.25, 0.3) is 5.56 Å². The molecule has 2 aliphatic heterocycles. The van der Waals surface area contributed by atoms with E-state index in [4.69, 9.17) is 0 Å². The quantitative estimate of drug-likeness (QED) is 0.605. The van der Waals surface area contributed by atoms with Crippen LogP contribution < -0.4 is 5.56 Å². The lowest BCUT2D eigenvalue weighted by Gasteiger charge is -2.10. The van der Waals surface area contributed by atoms with E-state index in [1.165, 1.54) is 23.0 Å². The van der Waals surface area contributed by atoms with Crippen LogP contribution in [0.1, 0.15) is 15.9 Å². The van der Waals surface area contributed by atoms with Crippen molar-refractivity contribution < 1.29 is 14.3 Å². The van der Waals surface area contributed by atoms with Crippen LogP contribution in [0.5, 0.6) is 0 Å². The Labute approximate surface area is 153 Å². The van der Waals surface area contributed by atoms with Crippen molar-refractivity contribution in [2.24, 2.45) is 0 Å². The molecule has 0 atom stereocenters. The first-order valence-electron chi connectivity index (χ1n) is 8.19. The molecular weight excluding hydrogens is 349 g/mol. The number of carbonyl (C=O) groups is 1. The van der Waals surface area contributed by atoms with Crippen molar-refractivity contribution in [3.8, 4) is 16.9 Å². The first-order valence-corrected chi connectivity index (χ1v) is 8.19. The molecule has 4 rings (SSSR count). The average molecular weight is 363 g/mol. The normalized spacial score (nSPS) is 11.0. The molecular formula is C20H14FN3O3. The maximum absolute atomic E-state index is 13.1. The molecule has 0 unspecified atom stereocenters. The van der Waals surface area contributed by atoms with Crippen molar-refractivity contribution >= 4 is 5.97 Å². The molecule has 0 radical (unpaired) electrons. The highest BCUT2D eigenvalue weighted by Crippen LogP contribution is 2.23. The van der Waals surface area contributed by atoms with Crippen molar-refractivity contribution in [3.05, 3.63) is 94.3 Å². The Bertz CT molecular complexity index is 1150. The van der Waals surface area contributed by atoms with Crippen LogP contribution in [0, 0.1) is 5.82 Å². The van der Waals surface area contributed by atoms with E-state index < -0.39 is 11.5 Å². The molecule has 0 amide bonds. The van der Waals surface area contributed by atoms with Gasteiger partial charge in [0.15, 0.2) is 0 Å². The van der Waals surface area contributed by atoms with Gasteiger partial charge in [-0.15, -0.1) is 0 Å². The van der Waals surface area contributed by atoms with E-state index in [2.05, 4.69) is 5.10 Å². The van der Waals surface area contributed by atoms with Crippen molar-refractivity contribution in [1.29, 1.82) is 0 Å². The number of carboxylic acids is 1. The number of nitrogens with zero attached hydrogens (tertiary/aromatic N) is 3. The number of aromatic carboxylic acids is 1. The molecule has 0 saturated heterocycles. The highest BCUT2D eigenvalue weighted by atomic mass is 19.1. The highest BCUT2D eigenvalue weighted by Gasteiger charge is 2.24. The van der Waals surface area contributed by atoms with Gasteiger partial charge in [0.1, 0.15) is 17.1 Å². The van der Waals surface area contributed by atoms with Gasteiger partial charge in [-0.1, -0.05) is 30.3 Å². The van der Waals surface area contributed by atoms with Gasteiger partial charge < -0.3 is 9.67 Å². The summed E-state index contributed by atoms with van der Waals surface area (Å²) in [5.41, 5.74) is 1.21. The third-order valence-electron chi connectivity index (χ3n) is 4.23. The Balaban J connectivity index is 1.86. The van der Waals surface area contributed by atoms with Crippen molar-refractivity contribution in [3.63, 3.8) is 0 Å². The molecule has 2 aromatic rings. The Morgan fingerprint density at radius 3 is 2.41 bits per heavy atom. The summed E-state index contributed by atoms with van der Waals surface area (Å²) >= 11 is 0. The van der Waals surface area contributed by atoms with E-state index in [9.17, 15) is 19.1 Å². The molecule has 7 heteroatoms. The average Bonchev–Trinajstić information content (AvgIpc) is 3.00.